The molecule has 0 unspecified atom stereocenters. The van der Waals surface area contributed by atoms with Crippen LogP contribution in [-0.4, -0.2) is 35.3 Å². The Hall–Kier alpha value is -1.40. The number of ether oxygens (including phenoxy) is 1. The quantitative estimate of drug-likeness (QED) is 0.582. The lowest BCUT2D eigenvalue weighted by Crippen LogP contribution is -2.46. The minimum absolute atomic E-state index is 0.211. The monoisotopic (exact) mass is 237 g/mol. The van der Waals surface area contributed by atoms with E-state index in [1.807, 2.05) is 6.92 Å². The molecule has 1 aromatic heterocycles. The Balaban J connectivity index is 2.26. The predicted molar refractivity (Wildman–Crippen MR) is 66.8 cm³/mol. The molecule has 0 bridgehead atoms. The van der Waals surface area contributed by atoms with E-state index >= 15 is 0 Å². The summed E-state index contributed by atoms with van der Waals surface area (Å²) in [6.07, 6.45) is 2.20. The molecule has 1 aliphatic heterocycles. The van der Waals surface area contributed by atoms with Crippen LogP contribution in [0.2, 0.25) is 0 Å². The number of nitrogen functional groups attached to an aromatic ring is 1. The normalized spacial score (nSPS) is 24.8. The molecular weight excluding hydrogens is 218 g/mol. The molecule has 2 rings (SSSR count). The minimum Gasteiger partial charge on any atom is -0.372 e. The van der Waals surface area contributed by atoms with Gasteiger partial charge in [0.2, 0.25) is 5.95 Å². The Bertz CT molecular complexity index is 387. The first-order valence-corrected chi connectivity index (χ1v) is 5.81. The maximum atomic E-state index is 5.71. The van der Waals surface area contributed by atoms with Crippen molar-refractivity contribution in [3.8, 4) is 0 Å². The first kappa shape index (κ1) is 12.1. The highest BCUT2D eigenvalue weighted by molar-refractivity contribution is 5.49. The van der Waals surface area contributed by atoms with E-state index in [0.29, 0.717) is 5.95 Å². The van der Waals surface area contributed by atoms with Gasteiger partial charge in [0.1, 0.15) is 5.82 Å². The maximum Gasteiger partial charge on any atom is 0.239 e. The molecule has 0 amide bonds. The Morgan fingerprint density at radius 2 is 2.06 bits per heavy atom. The topological polar surface area (TPSA) is 76.3 Å². The van der Waals surface area contributed by atoms with Crippen molar-refractivity contribution in [2.45, 2.75) is 33.0 Å². The van der Waals surface area contributed by atoms with Crippen molar-refractivity contribution < 1.29 is 4.74 Å². The van der Waals surface area contributed by atoms with Crippen molar-refractivity contribution >= 4 is 11.8 Å². The lowest BCUT2D eigenvalue weighted by Gasteiger charge is -2.36. The average Bonchev–Trinajstić information content (AvgIpc) is 2.28. The van der Waals surface area contributed by atoms with Gasteiger partial charge in [-0.2, -0.15) is 4.98 Å². The predicted octanol–water partition coefficient (Wildman–Crippen LogP) is 0.684. The molecule has 6 nitrogen and oxygen atoms in total. The Kier molecular flexibility index (Phi) is 3.44. The molecule has 0 radical (unpaired) electrons. The highest BCUT2D eigenvalue weighted by Gasteiger charge is 2.24. The molecule has 0 aliphatic carbocycles. The third-order valence-corrected chi connectivity index (χ3v) is 2.79. The molecule has 0 spiro atoms. The van der Waals surface area contributed by atoms with Crippen molar-refractivity contribution in [1.29, 1.82) is 0 Å². The fourth-order valence-electron chi connectivity index (χ4n) is 2.17. The van der Waals surface area contributed by atoms with E-state index in [0.717, 1.165) is 24.5 Å². The largest absolute Gasteiger partial charge is 0.372 e. The zero-order valence-electron chi connectivity index (χ0n) is 10.5. The fourth-order valence-corrected chi connectivity index (χ4v) is 2.17. The molecule has 17 heavy (non-hydrogen) atoms. The number of nitrogens with one attached hydrogen (secondary N) is 1. The van der Waals surface area contributed by atoms with Gasteiger partial charge in [0, 0.05) is 24.8 Å². The molecule has 6 heteroatoms. The van der Waals surface area contributed by atoms with E-state index in [-0.39, 0.29) is 12.2 Å². The van der Waals surface area contributed by atoms with Gasteiger partial charge in [-0.1, -0.05) is 0 Å². The highest BCUT2D eigenvalue weighted by Crippen LogP contribution is 2.22. The first-order chi connectivity index (χ1) is 8.10. The van der Waals surface area contributed by atoms with Crippen molar-refractivity contribution in [1.82, 2.24) is 9.97 Å². The van der Waals surface area contributed by atoms with Crippen LogP contribution in [0.15, 0.2) is 6.20 Å². The molecule has 2 atom stereocenters. The number of nitrogens with zero attached hydrogens (tertiary/aromatic N) is 3. The van der Waals surface area contributed by atoms with Crippen molar-refractivity contribution in [3.05, 3.63) is 11.8 Å². The van der Waals surface area contributed by atoms with Crippen LogP contribution in [0.1, 0.15) is 19.4 Å². The number of hydrogen-bond acceptors (Lipinski definition) is 6. The average molecular weight is 237 g/mol. The van der Waals surface area contributed by atoms with Gasteiger partial charge in [-0.25, -0.2) is 10.8 Å². The highest BCUT2D eigenvalue weighted by atomic mass is 16.5. The van der Waals surface area contributed by atoms with Crippen LogP contribution in [-0.2, 0) is 4.74 Å². The summed E-state index contributed by atoms with van der Waals surface area (Å²) in [6, 6.07) is 0. The number of aryl methyl sites for hydroxylation is 1. The van der Waals surface area contributed by atoms with E-state index in [4.69, 9.17) is 10.6 Å². The van der Waals surface area contributed by atoms with Gasteiger partial charge in [-0.15, -0.1) is 0 Å². The standard InChI is InChI=1S/C11H19N5O/c1-7-4-13-11(15-12)14-10(7)16-5-8(2)17-9(3)6-16/h4,8-9H,5-6,12H2,1-3H3,(H,13,14,15)/t8-,9+. The Labute approximate surface area is 101 Å². The van der Waals surface area contributed by atoms with Gasteiger partial charge >= 0.3 is 0 Å². The van der Waals surface area contributed by atoms with Crippen LogP contribution < -0.4 is 16.2 Å². The minimum atomic E-state index is 0.211. The summed E-state index contributed by atoms with van der Waals surface area (Å²) in [4.78, 5) is 10.7. The molecule has 3 N–H and O–H groups in total. The Morgan fingerprint density at radius 3 is 2.65 bits per heavy atom. The number of hydrazine groups is 1. The summed E-state index contributed by atoms with van der Waals surface area (Å²) in [5, 5.41) is 0. The van der Waals surface area contributed by atoms with E-state index in [1.54, 1.807) is 6.20 Å². The lowest BCUT2D eigenvalue weighted by atomic mass is 10.2. The van der Waals surface area contributed by atoms with Crippen LogP contribution in [0.25, 0.3) is 0 Å². The second-order valence-corrected chi connectivity index (χ2v) is 4.51. The Morgan fingerprint density at radius 1 is 1.41 bits per heavy atom. The molecule has 0 aromatic carbocycles. The fraction of sp³-hybridized carbons (Fsp3) is 0.636. The maximum absolute atomic E-state index is 5.71. The van der Waals surface area contributed by atoms with Crippen molar-refractivity contribution in [2.24, 2.45) is 5.84 Å². The van der Waals surface area contributed by atoms with Gasteiger partial charge < -0.3 is 9.64 Å². The number of hydrogen-bond donors (Lipinski definition) is 2. The van der Waals surface area contributed by atoms with Gasteiger partial charge in [-0.05, 0) is 20.8 Å². The summed E-state index contributed by atoms with van der Waals surface area (Å²) < 4.78 is 5.71. The van der Waals surface area contributed by atoms with Crippen molar-refractivity contribution in [3.63, 3.8) is 0 Å². The van der Waals surface area contributed by atoms with E-state index < -0.39 is 0 Å². The zero-order valence-corrected chi connectivity index (χ0v) is 10.5. The van der Waals surface area contributed by atoms with Crippen LogP contribution in [0.5, 0.6) is 0 Å². The number of rotatable bonds is 2. The molecule has 1 saturated heterocycles. The van der Waals surface area contributed by atoms with E-state index in [9.17, 15) is 0 Å². The van der Waals surface area contributed by atoms with Crippen LogP contribution in [0, 0.1) is 6.92 Å². The van der Waals surface area contributed by atoms with Gasteiger partial charge in [0.05, 0.1) is 12.2 Å². The van der Waals surface area contributed by atoms with Crippen LogP contribution >= 0.6 is 0 Å². The molecule has 1 fully saturated rings. The molecule has 94 valence electrons. The molecule has 1 aromatic rings. The lowest BCUT2D eigenvalue weighted by molar-refractivity contribution is -0.00549. The van der Waals surface area contributed by atoms with Gasteiger partial charge in [-0.3, -0.25) is 5.43 Å². The number of anilines is 2. The van der Waals surface area contributed by atoms with E-state index in [1.165, 1.54) is 0 Å². The third kappa shape index (κ3) is 2.65. The molecule has 2 heterocycles. The third-order valence-electron chi connectivity index (χ3n) is 2.79. The molecule has 0 saturated carbocycles. The van der Waals surface area contributed by atoms with Gasteiger partial charge in [0.25, 0.3) is 0 Å². The van der Waals surface area contributed by atoms with Crippen molar-refractivity contribution in [2.75, 3.05) is 23.4 Å². The van der Waals surface area contributed by atoms with E-state index in [2.05, 4.69) is 34.1 Å². The smallest absolute Gasteiger partial charge is 0.239 e. The van der Waals surface area contributed by atoms with Gasteiger partial charge in [0.15, 0.2) is 0 Å². The zero-order chi connectivity index (χ0) is 12.4. The summed E-state index contributed by atoms with van der Waals surface area (Å²) >= 11 is 0. The summed E-state index contributed by atoms with van der Waals surface area (Å²) in [7, 11) is 0. The number of aromatic nitrogens is 2. The summed E-state index contributed by atoms with van der Waals surface area (Å²) in [5.41, 5.74) is 3.52. The first-order valence-electron chi connectivity index (χ1n) is 5.81. The molecular formula is C11H19N5O. The summed E-state index contributed by atoms with van der Waals surface area (Å²) in [5.74, 6) is 6.70. The van der Waals surface area contributed by atoms with Crippen LogP contribution in [0.4, 0.5) is 11.8 Å². The SMILES string of the molecule is Cc1cnc(NN)nc1N1C[C@@H](C)O[C@@H](C)C1. The number of morpholine rings is 1. The second-order valence-electron chi connectivity index (χ2n) is 4.51. The van der Waals surface area contributed by atoms with Crippen LogP contribution in [0.3, 0.4) is 0 Å². The molecule has 1 aliphatic rings. The number of nitrogens with two attached hydrogens (primary N) is 1. The second kappa shape index (κ2) is 4.85. The summed E-state index contributed by atoms with van der Waals surface area (Å²) in [6.45, 7) is 7.82.